The molecular weight excluding hydrogens is 438 g/mol. The van der Waals surface area contributed by atoms with Crippen molar-refractivity contribution < 1.29 is 28.7 Å². The van der Waals surface area contributed by atoms with Crippen molar-refractivity contribution in [3.63, 3.8) is 0 Å². The summed E-state index contributed by atoms with van der Waals surface area (Å²) in [4.78, 5) is 49.5. The summed E-state index contributed by atoms with van der Waals surface area (Å²) in [6.07, 6.45) is 2.89. The molecule has 1 aromatic carbocycles. The first-order valence-electron chi connectivity index (χ1n) is 11.6. The fourth-order valence-electron chi connectivity index (χ4n) is 3.43. The van der Waals surface area contributed by atoms with E-state index >= 15 is 0 Å². The van der Waals surface area contributed by atoms with E-state index in [9.17, 15) is 19.2 Å². The van der Waals surface area contributed by atoms with Gasteiger partial charge in [0.25, 0.3) is 0 Å². The first-order chi connectivity index (χ1) is 16.1. The van der Waals surface area contributed by atoms with Crippen molar-refractivity contribution in [3.8, 4) is 0 Å². The molecule has 186 valence electrons. The Morgan fingerprint density at radius 2 is 1.59 bits per heavy atom. The molecule has 3 N–H and O–H groups in total. The number of hydrogen-bond acceptors (Lipinski definition) is 6. The van der Waals surface area contributed by atoms with Crippen LogP contribution in [0.3, 0.4) is 0 Å². The molecular formula is C25H35N3O6. The van der Waals surface area contributed by atoms with Crippen molar-refractivity contribution in [3.05, 3.63) is 48.0 Å². The molecule has 0 aromatic heterocycles. The minimum absolute atomic E-state index is 0.0359. The smallest absolute Gasteiger partial charge is 0.408 e. The van der Waals surface area contributed by atoms with Gasteiger partial charge in [0.05, 0.1) is 6.04 Å². The van der Waals surface area contributed by atoms with Crippen LogP contribution in [0.15, 0.2) is 42.5 Å². The van der Waals surface area contributed by atoms with Crippen LogP contribution in [0.2, 0.25) is 0 Å². The maximum absolute atomic E-state index is 13.1. The van der Waals surface area contributed by atoms with Gasteiger partial charge < -0.3 is 25.4 Å². The molecule has 1 heterocycles. The molecule has 2 rings (SSSR count). The van der Waals surface area contributed by atoms with E-state index in [1.807, 2.05) is 58.0 Å². The van der Waals surface area contributed by atoms with E-state index in [0.29, 0.717) is 12.8 Å². The summed E-state index contributed by atoms with van der Waals surface area (Å²) >= 11 is 0. The second kappa shape index (κ2) is 13.4. The lowest BCUT2D eigenvalue weighted by atomic mass is 10.00. The standard InChI is InChI=1S/C25H35N3O6/c1-16(2)12-20(23(30)26-19-10-11-22(29)33-15-19)27-24(31)21(13-17(3)4)28-25(32)34-14-18-8-6-5-7-9-18/h5-11,16-17,19-21H,12-15H2,1-4H3,(H,26,30)(H,27,31)(H,28,32)/t19-,20+,21+/m1/s1. The van der Waals surface area contributed by atoms with Crippen molar-refractivity contribution in [1.29, 1.82) is 0 Å². The number of benzene rings is 1. The monoisotopic (exact) mass is 473 g/mol. The van der Waals surface area contributed by atoms with Crippen LogP contribution < -0.4 is 16.0 Å². The molecule has 3 atom stereocenters. The predicted molar refractivity (Wildman–Crippen MR) is 126 cm³/mol. The van der Waals surface area contributed by atoms with Gasteiger partial charge in [-0.2, -0.15) is 0 Å². The summed E-state index contributed by atoms with van der Waals surface area (Å²) in [5.74, 6) is -1.06. The molecule has 1 aliphatic rings. The number of cyclic esters (lactones) is 1. The highest BCUT2D eigenvalue weighted by molar-refractivity contribution is 5.91. The minimum atomic E-state index is -0.860. The van der Waals surface area contributed by atoms with Gasteiger partial charge >= 0.3 is 12.1 Å². The van der Waals surface area contributed by atoms with Crippen molar-refractivity contribution in [2.24, 2.45) is 11.8 Å². The van der Waals surface area contributed by atoms with Crippen LogP contribution in [0.5, 0.6) is 0 Å². The van der Waals surface area contributed by atoms with Gasteiger partial charge in [-0.15, -0.1) is 0 Å². The number of amides is 3. The molecule has 9 heteroatoms. The Balaban J connectivity index is 2.00. The number of ether oxygens (including phenoxy) is 2. The fourth-order valence-corrected chi connectivity index (χ4v) is 3.43. The molecule has 0 unspecified atom stereocenters. The zero-order chi connectivity index (χ0) is 25.1. The average molecular weight is 474 g/mol. The highest BCUT2D eigenvalue weighted by Crippen LogP contribution is 2.10. The van der Waals surface area contributed by atoms with E-state index in [-0.39, 0.29) is 31.0 Å². The third-order valence-corrected chi connectivity index (χ3v) is 5.07. The molecule has 0 spiro atoms. The van der Waals surface area contributed by atoms with Gasteiger partial charge in [-0.3, -0.25) is 9.59 Å². The van der Waals surface area contributed by atoms with Crippen molar-refractivity contribution in [2.45, 2.75) is 65.3 Å². The number of rotatable bonds is 11. The lowest BCUT2D eigenvalue weighted by Crippen LogP contribution is -2.56. The second-order valence-electron chi connectivity index (χ2n) is 9.18. The van der Waals surface area contributed by atoms with Crippen LogP contribution in [0, 0.1) is 11.8 Å². The lowest BCUT2D eigenvalue weighted by Gasteiger charge is -2.26. The zero-order valence-corrected chi connectivity index (χ0v) is 20.2. The summed E-state index contributed by atoms with van der Waals surface area (Å²) in [6.45, 7) is 7.88. The van der Waals surface area contributed by atoms with Crippen LogP contribution in [-0.2, 0) is 30.5 Å². The first kappa shape index (κ1) is 26.9. The lowest BCUT2D eigenvalue weighted by molar-refractivity contribution is -0.140. The van der Waals surface area contributed by atoms with Gasteiger partial charge in [0.2, 0.25) is 11.8 Å². The molecule has 0 radical (unpaired) electrons. The fraction of sp³-hybridized carbons (Fsp3) is 0.520. The molecule has 3 amide bonds. The Bertz CT molecular complexity index is 869. The van der Waals surface area contributed by atoms with Gasteiger partial charge in [0, 0.05) is 6.08 Å². The predicted octanol–water partition coefficient (Wildman–Crippen LogP) is 2.46. The Kier molecular flexibility index (Phi) is 10.6. The van der Waals surface area contributed by atoms with Gasteiger partial charge in [-0.05, 0) is 30.2 Å². The third-order valence-electron chi connectivity index (χ3n) is 5.07. The zero-order valence-electron chi connectivity index (χ0n) is 20.2. The van der Waals surface area contributed by atoms with Gasteiger partial charge in [0.15, 0.2) is 0 Å². The maximum Gasteiger partial charge on any atom is 0.408 e. The molecule has 9 nitrogen and oxygen atoms in total. The van der Waals surface area contributed by atoms with Crippen LogP contribution in [0.4, 0.5) is 4.79 Å². The van der Waals surface area contributed by atoms with E-state index in [2.05, 4.69) is 16.0 Å². The maximum atomic E-state index is 13.1. The van der Waals surface area contributed by atoms with Gasteiger partial charge in [-0.1, -0.05) is 64.1 Å². The number of hydrogen-bond donors (Lipinski definition) is 3. The molecule has 1 aromatic rings. The second-order valence-corrected chi connectivity index (χ2v) is 9.18. The third kappa shape index (κ3) is 9.64. The molecule has 0 bridgehead atoms. The Morgan fingerprint density at radius 1 is 0.971 bits per heavy atom. The molecule has 0 saturated carbocycles. The van der Waals surface area contributed by atoms with Gasteiger partial charge in [-0.25, -0.2) is 9.59 Å². The van der Waals surface area contributed by atoms with Crippen molar-refractivity contribution >= 4 is 23.9 Å². The van der Waals surface area contributed by atoms with E-state index in [0.717, 1.165) is 5.56 Å². The van der Waals surface area contributed by atoms with E-state index in [1.165, 1.54) is 6.08 Å². The summed E-state index contributed by atoms with van der Waals surface area (Å²) < 4.78 is 10.2. The number of carbonyl (C=O) groups excluding carboxylic acids is 4. The topological polar surface area (TPSA) is 123 Å². The summed E-state index contributed by atoms with van der Waals surface area (Å²) in [5.41, 5.74) is 0.832. The molecule has 0 saturated heterocycles. The highest BCUT2D eigenvalue weighted by Gasteiger charge is 2.29. The summed E-state index contributed by atoms with van der Waals surface area (Å²) in [7, 11) is 0. The van der Waals surface area contributed by atoms with Gasteiger partial charge in [0.1, 0.15) is 25.3 Å². The number of carbonyl (C=O) groups is 4. The quantitative estimate of drug-likeness (QED) is 0.424. The van der Waals surface area contributed by atoms with Crippen LogP contribution >= 0.6 is 0 Å². The van der Waals surface area contributed by atoms with Crippen molar-refractivity contribution in [1.82, 2.24) is 16.0 Å². The molecule has 0 fully saturated rings. The highest BCUT2D eigenvalue weighted by atomic mass is 16.5. The number of esters is 1. The SMILES string of the molecule is CC(C)C[C@H](NC(=O)OCc1ccccc1)C(=O)N[C@@H](CC(C)C)C(=O)N[C@@H]1C=CC(=O)OC1. The summed E-state index contributed by atoms with van der Waals surface area (Å²) in [5, 5.41) is 8.19. The first-order valence-corrected chi connectivity index (χ1v) is 11.6. The number of alkyl carbamates (subject to hydrolysis) is 1. The molecule has 34 heavy (non-hydrogen) atoms. The van der Waals surface area contributed by atoms with Crippen LogP contribution in [0.25, 0.3) is 0 Å². The largest absolute Gasteiger partial charge is 0.460 e. The van der Waals surface area contributed by atoms with E-state index in [4.69, 9.17) is 9.47 Å². The Morgan fingerprint density at radius 3 is 2.15 bits per heavy atom. The van der Waals surface area contributed by atoms with Crippen molar-refractivity contribution in [2.75, 3.05) is 6.61 Å². The molecule has 1 aliphatic heterocycles. The van der Waals surface area contributed by atoms with E-state index in [1.54, 1.807) is 6.08 Å². The van der Waals surface area contributed by atoms with E-state index < -0.39 is 36.1 Å². The summed E-state index contributed by atoms with van der Waals surface area (Å²) in [6, 6.07) is 7.10. The van der Waals surface area contributed by atoms with Crippen LogP contribution in [-0.4, -0.2) is 48.6 Å². The normalized spacial score (nSPS) is 17.0. The minimum Gasteiger partial charge on any atom is -0.460 e. The van der Waals surface area contributed by atoms with Crippen LogP contribution in [0.1, 0.15) is 46.1 Å². The average Bonchev–Trinajstić information content (AvgIpc) is 2.78. The molecule has 0 aliphatic carbocycles. The Labute approximate surface area is 200 Å². The Hall–Kier alpha value is -3.36. The number of nitrogens with one attached hydrogen (secondary N) is 3.